The van der Waals surface area contributed by atoms with Gasteiger partial charge in [-0.3, -0.25) is 0 Å². The van der Waals surface area contributed by atoms with Gasteiger partial charge in [-0.05, 0) is 17.7 Å². The summed E-state index contributed by atoms with van der Waals surface area (Å²) in [6.07, 6.45) is 0. The Balaban J connectivity index is 3.01. The zero-order valence-electron chi connectivity index (χ0n) is 7.26. The van der Waals surface area contributed by atoms with Crippen LogP contribution in [0.15, 0.2) is 12.1 Å². The largest absolute Gasteiger partial charge is 0.496 e. The van der Waals surface area contributed by atoms with Crippen molar-refractivity contribution < 1.29 is 9.47 Å². The molecule has 65 valence electrons. The summed E-state index contributed by atoms with van der Waals surface area (Å²) >= 11 is 0. The highest BCUT2D eigenvalue weighted by atomic mass is 16.5. The molecule has 3 nitrogen and oxygen atoms in total. The lowest BCUT2D eigenvalue weighted by Gasteiger charge is -2.05. The normalized spacial score (nSPS) is 9.58. The van der Waals surface area contributed by atoms with Gasteiger partial charge in [0, 0.05) is 6.54 Å². The smallest absolute Gasteiger partial charge is 0.131 e. The van der Waals surface area contributed by atoms with Crippen LogP contribution in [0, 0.1) is 6.07 Å². The highest BCUT2D eigenvalue weighted by molar-refractivity contribution is 5.36. The van der Waals surface area contributed by atoms with Gasteiger partial charge in [-0.15, -0.1) is 0 Å². The van der Waals surface area contributed by atoms with Crippen molar-refractivity contribution in [2.45, 2.75) is 6.54 Å². The lowest BCUT2D eigenvalue weighted by molar-refractivity contribution is 0.392. The Morgan fingerprint density at radius 3 is 2.08 bits per heavy atom. The number of rotatable bonds is 3. The van der Waals surface area contributed by atoms with E-state index in [0.717, 1.165) is 5.56 Å². The Labute approximate surface area is 72.1 Å². The van der Waals surface area contributed by atoms with Gasteiger partial charge in [0.25, 0.3) is 0 Å². The van der Waals surface area contributed by atoms with E-state index >= 15 is 0 Å². The molecule has 2 N–H and O–H groups in total. The van der Waals surface area contributed by atoms with E-state index in [4.69, 9.17) is 15.2 Å². The van der Waals surface area contributed by atoms with Crippen molar-refractivity contribution in [2.24, 2.45) is 5.73 Å². The first-order valence-electron chi connectivity index (χ1n) is 3.64. The molecule has 3 heteroatoms. The summed E-state index contributed by atoms with van der Waals surface area (Å²) in [7, 11) is 3.18. The highest BCUT2D eigenvalue weighted by Gasteiger charge is 1.99. The summed E-state index contributed by atoms with van der Waals surface area (Å²) in [5.41, 5.74) is 6.45. The minimum absolute atomic E-state index is 0.474. The van der Waals surface area contributed by atoms with Crippen molar-refractivity contribution in [1.82, 2.24) is 0 Å². The van der Waals surface area contributed by atoms with Crippen LogP contribution in [-0.4, -0.2) is 14.2 Å². The third-order valence-corrected chi connectivity index (χ3v) is 1.55. The van der Waals surface area contributed by atoms with Gasteiger partial charge in [-0.1, -0.05) is 0 Å². The van der Waals surface area contributed by atoms with Gasteiger partial charge in [0.1, 0.15) is 11.5 Å². The Morgan fingerprint density at radius 1 is 1.25 bits per heavy atom. The van der Waals surface area contributed by atoms with Crippen LogP contribution in [0.3, 0.4) is 0 Å². The molecule has 0 amide bonds. The van der Waals surface area contributed by atoms with Crippen LogP contribution in [0.4, 0.5) is 0 Å². The molecule has 0 spiro atoms. The van der Waals surface area contributed by atoms with E-state index in [2.05, 4.69) is 6.07 Å². The minimum atomic E-state index is 0.474. The van der Waals surface area contributed by atoms with Crippen molar-refractivity contribution in [2.75, 3.05) is 14.2 Å². The van der Waals surface area contributed by atoms with E-state index in [1.165, 1.54) is 0 Å². The number of ether oxygens (including phenoxy) is 2. The van der Waals surface area contributed by atoms with E-state index < -0.39 is 0 Å². The van der Waals surface area contributed by atoms with E-state index in [9.17, 15) is 0 Å². The van der Waals surface area contributed by atoms with E-state index in [1.807, 2.05) is 12.1 Å². The molecule has 0 aromatic heterocycles. The maximum Gasteiger partial charge on any atom is 0.131 e. The molecule has 0 fully saturated rings. The summed E-state index contributed by atoms with van der Waals surface area (Å²) in [5, 5.41) is 0. The number of benzene rings is 1. The topological polar surface area (TPSA) is 44.5 Å². The van der Waals surface area contributed by atoms with Crippen LogP contribution in [0.25, 0.3) is 0 Å². The van der Waals surface area contributed by atoms with Gasteiger partial charge in [0.15, 0.2) is 0 Å². The number of hydrogen-bond acceptors (Lipinski definition) is 3. The number of methoxy groups -OCH3 is 2. The van der Waals surface area contributed by atoms with Gasteiger partial charge in [0.05, 0.1) is 20.3 Å². The molecule has 0 aliphatic heterocycles. The standard InChI is InChI=1S/C9H12NO2/c1-11-8-3-7(6-10)4-9(5-8)12-2/h3-4H,6,10H2,1-2H3. The van der Waals surface area contributed by atoms with E-state index in [1.54, 1.807) is 14.2 Å². The monoisotopic (exact) mass is 166 g/mol. The maximum absolute atomic E-state index is 5.47. The zero-order chi connectivity index (χ0) is 8.97. The lowest BCUT2D eigenvalue weighted by atomic mass is 10.2. The number of nitrogens with two attached hydrogens (primary N) is 1. The molecule has 0 heterocycles. The van der Waals surface area contributed by atoms with Gasteiger partial charge in [0.2, 0.25) is 0 Å². The van der Waals surface area contributed by atoms with Gasteiger partial charge in [-0.2, -0.15) is 0 Å². The second-order valence-electron chi connectivity index (χ2n) is 2.33. The summed E-state index contributed by atoms with van der Waals surface area (Å²) in [5.74, 6) is 1.30. The molecular formula is C9H12NO2. The fraction of sp³-hybridized carbons (Fsp3) is 0.333. The molecule has 0 aliphatic rings. The highest BCUT2D eigenvalue weighted by Crippen LogP contribution is 2.20. The molecule has 0 bridgehead atoms. The average molecular weight is 166 g/mol. The Bertz CT molecular complexity index is 205. The molecule has 1 aromatic rings. The van der Waals surface area contributed by atoms with E-state index in [-0.39, 0.29) is 0 Å². The molecule has 0 saturated carbocycles. The van der Waals surface area contributed by atoms with Gasteiger partial charge >= 0.3 is 0 Å². The first-order chi connectivity index (χ1) is 5.80. The molecule has 1 aromatic carbocycles. The molecule has 0 saturated heterocycles. The summed E-state index contributed by atoms with van der Waals surface area (Å²) < 4.78 is 10.0. The second kappa shape index (κ2) is 3.97. The van der Waals surface area contributed by atoms with E-state index in [0.29, 0.717) is 18.0 Å². The van der Waals surface area contributed by atoms with Crippen molar-refractivity contribution in [3.8, 4) is 11.5 Å². The predicted molar refractivity (Wildman–Crippen MR) is 46.3 cm³/mol. The minimum Gasteiger partial charge on any atom is -0.496 e. The molecule has 1 rings (SSSR count). The van der Waals surface area contributed by atoms with Crippen LogP contribution >= 0.6 is 0 Å². The molecule has 0 atom stereocenters. The van der Waals surface area contributed by atoms with Crippen LogP contribution in [0.2, 0.25) is 0 Å². The van der Waals surface area contributed by atoms with Crippen LogP contribution < -0.4 is 15.2 Å². The summed E-state index contributed by atoms with van der Waals surface area (Å²) in [4.78, 5) is 0. The first-order valence-corrected chi connectivity index (χ1v) is 3.64. The SMILES string of the molecule is COc1[c]c(OC)cc(CN)c1. The van der Waals surface area contributed by atoms with Crippen molar-refractivity contribution in [3.63, 3.8) is 0 Å². The zero-order valence-corrected chi connectivity index (χ0v) is 7.26. The third-order valence-electron chi connectivity index (χ3n) is 1.55. The molecule has 12 heavy (non-hydrogen) atoms. The summed E-state index contributed by atoms with van der Waals surface area (Å²) in [6.45, 7) is 0.474. The van der Waals surface area contributed by atoms with Crippen LogP contribution in [-0.2, 0) is 6.54 Å². The van der Waals surface area contributed by atoms with Crippen molar-refractivity contribution in [1.29, 1.82) is 0 Å². The number of hydrogen-bond donors (Lipinski definition) is 1. The predicted octanol–water partition coefficient (Wildman–Crippen LogP) is 0.963. The van der Waals surface area contributed by atoms with Crippen molar-refractivity contribution in [3.05, 3.63) is 23.8 Å². The fourth-order valence-electron chi connectivity index (χ4n) is 0.910. The quantitative estimate of drug-likeness (QED) is 0.727. The van der Waals surface area contributed by atoms with Crippen LogP contribution in [0.5, 0.6) is 11.5 Å². The second-order valence-corrected chi connectivity index (χ2v) is 2.33. The van der Waals surface area contributed by atoms with Gasteiger partial charge in [-0.25, -0.2) is 0 Å². The van der Waals surface area contributed by atoms with Crippen molar-refractivity contribution >= 4 is 0 Å². The fourth-order valence-corrected chi connectivity index (χ4v) is 0.910. The Morgan fingerprint density at radius 2 is 1.75 bits per heavy atom. The third kappa shape index (κ3) is 1.89. The summed E-state index contributed by atoms with van der Waals surface area (Å²) in [6, 6.07) is 6.59. The molecule has 0 unspecified atom stereocenters. The molecule has 0 aliphatic carbocycles. The average Bonchev–Trinajstić information content (AvgIpc) is 2.16. The van der Waals surface area contributed by atoms with Gasteiger partial charge < -0.3 is 15.2 Å². The van der Waals surface area contributed by atoms with Crippen LogP contribution in [0.1, 0.15) is 5.56 Å². The molecular weight excluding hydrogens is 154 g/mol. The lowest BCUT2D eigenvalue weighted by Crippen LogP contribution is -1.98. The Hall–Kier alpha value is -1.22. The first kappa shape index (κ1) is 8.87. The Kier molecular flexibility index (Phi) is 2.94. The maximum atomic E-state index is 5.47. The molecule has 1 radical (unpaired) electrons.